The fraction of sp³-hybridized carbons (Fsp3) is 0.727. The van der Waals surface area contributed by atoms with E-state index in [2.05, 4.69) is 58.9 Å². The third kappa shape index (κ3) is 7.81. The van der Waals surface area contributed by atoms with Crippen molar-refractivity contribution in [1.82, 2.24) is 0 Å². The van der Waals surface area contributed by atoms with Crippen molar-refractivity contribution in [3.05, 3.63) is 29.8 Å². The van der Waals surface area contributed by atoms with Gasteiger partial charge in [0.15, 0.2) is 0 Å². The molecule has 4 heteroatoms. The predicted octanol–water partition coefficient (Wildman–Crippen LogP) is 5.82. The highest BCUT2D eigenvalue weighted by Gasteiger charge is 2.20. The molecule has 1 aromatic carbocycles. The molecule has 0 N–H and O–H groups in total. The van der Waals surface area contributed by atoms with Crippen molar-refractivity contribution >= 4 is 9.28 Å². The van der Waals surface area contributed by atoms with Crippen LogP contribution >= 0.6 is 0 Å². The van der Waals surface area contributed by atoms with E-state index in [0.717, 1.165) is 36.7 Å². The van der Waals surface area contributed by atoms with Gasteiger partial charge in [0.1, 0.15) is 5.75 Å². The molecule has 0 unspecified atom stereocenters. The number of hydrogen-bond donors (Lipinski definition) is 0. The van der Waals surface area contributed by atoms with Gasteiger partial charge < -0.3 is 13.6 Å². The molecular formula is C22H38O3Si. The van der Waals surface area contributed by atoms with E-state index in [1.807, 2.05) is 0 Å². The molecule has 1 aliphatic rings. The minimum absolute atomic E-state index is 0.238. The zero-order valence-corrected chi connectivity index (χ0v) is 18.5. The molecule has 1 saturated carbocycles. The van der Waals surface area contributed by atoms with Crippen LogP contribution in [-0.4, -0.2) is 28.1 Å². The van der Waals surface area contributed by atoms with E-state index in [0.29, 0.717) is 0 Å². The molecule has 148 valence electrons. The number of benzene rings is 1. The Morgan fingerprint density at radius 3 is 2.04 bits per heavy atom. The molecule has 3 nitrogen and oxygen atoms in total. The summed E-state index contributed by atoms with van der Waals surface area (Å²) in [5.41, 5.74) is 1.48. The minimum atomic E-state index is -1.59. The molecule has 1 aromatic rings. The van der Waals surface area contributed by atoms with Gasteiger partial charge in [-0.1, -0.05) is 31.9 Å². The van der Waals surface area contributed by atoms with Crippen LogP contribution in [-0.2, 0) is 8.85 Å². The first-order valence-electron chi connectivity index (χ1n) is 10.5. The molecule has 0 heterocycles. The Labute approximate surface area is 162 Å². The average molecular weight is 379 g/mol. The van der Waals surface area contributed by atoms with Gasteiger partial charge in [-0.15, -0.1) is 0 Å². The van der Waals surface area contributed by atoms with Crippen LogP contribution in [0.4, 0.5) is 0 Å². The fourth-order valence-corrected chi connectivity index (χ4v) is 5.70. The highest BCUT2D eigenvalue weighted by Crippen LogP contribution is 2.35. The summed E-state index contributed by atoms with van der Waals surface area (Å²) >= 11 is 0. The van der Waals surface area contributed by atoms with Crippen LogP contribution in [0.1, 0.15) is 78.2 Å². The first kappa shape index (κ1) is 21.5. The summed E-state index contributed by atoms with van der Waals surface area (Å²) in [6.45, 7) is 11.4. The summed E-state index contributed by atoms with van der Waals surface area (Å²) in [4.78, 5) is 0. The Balaban J connectivity index is 1.72. The highest BCUT2D eigenvalue weighted by atomic mass is 28.3. The molecular weight excluding hydrogens is 340 g/mol. The van der Waals surface area contributed by atoms with Crippen molar-refractivity contribution in [2.45, 2.75) is 90.9 Å². The zero-order chi connectivity index (χ0) is 18.9. The predicted molar refractivity (Wildman–Crippen MR) is 111 cm³/mol. The van der Waals surface area contributed by atoms with E-state index in [4.69, 9.17) is 13.6 Å². The third-order valence-corrected chi connectivity index (χ3v) is 7.64. The smallest absolute Gasteiger partial charge is 0.321 e. The number of hydrogen-bond acceptors (Lipinski definition) is 3. The molecule has 2 rings (SSSR count). The quantitative estimate of drug-likeness (QED) is 0.379. The second-order valence-corrected chi connectivity index (χ2v) is 10.3. The molecule has 1 fully saturated rings. The van der Waals surface area contributed by atoms with E-state index in [1.54, 1.807) is 0 Å². The van der Waals surface area contributed by atoms with Crippen molar-refractivity contribution in [2.24, 2.45) is 5.92 Å². The van der Waals surface area contributed by atoms with Crippen LogP contribution in [0, 0.1) is 5.92 Å². The molecule has 0 aromatic heterocycles. The molecule has 0 aliphatic heterocycles. The van der Waals surface area contributed by atoms with Crippen LogP contribution in [0.5, 0.6) is 5.75 Å². The van der Waals surface area contributed by atoms with Crippen LogP contribution < -0.4 is 4.74 Å². The van der Waals surface area contributed by atoms with Crippen LogP contribution in [0.2, 0.25) is 6.04 Å². The number of ether oxygens (including phenoxy) is 1. The highest BCUT2D eigenvalue weighted by molar-refractivity contribution is 6.44. The Morgan fingerprint density at radius 2 is 1.50 bits per heavy atom. The topological polar surface area (TPSA) is 27.7 Å². The average Bonchev–Trinajstić information content (AvgIpc) is 2.59. The summed E-state index contributed by atoms with van der Waals surface area (Å²) in [6.07, 6.45) is 6.86. The van der Waals surface area contributed by atoms with Crippen molar-refractivity contribution < 1.29 is 13.6 Å². The molecule has 26 heavy (non-hydrogen) atoms. The van der Waals surface area contributed by atoms with Crippen LogP contribution in [0.25, 0.3) is 0 Å². The van der Waals surface area contributed by atoms with Gasteiger partial charge in [0.05, 0.1) is 6.61 Å². The lowest BCUT2D eigenvalue weighted by molar-refractivity contribution is 0.128. The van der Waals surface area contributed by atoms with Gasteiger partial charge in [-0.25, -0.2) is 0 Å². The Hall–Kier alpha value is -0.843. The zero-order valence-electron chi connectivity index (χ0n) is 17.4. The van der Waals surface area contributed by atoms with E-state index in [1.165, 1.54) is 31.2 Å². The second kappa shape index (κ2) is 11.1. The van der Waals surface area contributed by atoms with E-state index in [-0.39, 0.29) is 12.2 Å². The lowest BCUT2D eigenvalue weighted by Gasteiger charge is -2.26. The molecule has 0 amide bonds. The Morgan fingerprint density at radius 1 is 0.923 bits per heavy atom. The summed E-state index contributed by atoms with van der Waals surface area (Å²) in [6, 6.07) is 9.79. The van der Waals surface area contributed by atoms with Gasteiger partial charge in [0.25, 0.3) is 0 Å². The van der Waals surface area contributed by atoms with E-state index >= 15 is 0 Å². The van der Waals surface area contributed by atoms with Crippen LogP contribution in [0.3, 0.4) is 0 Å². The second-order valence-electron chi connectivity index (χ2n) is 8.32. The van der Waals surface area contributed by atoms with Crippen LogP contribution in [0.15, 0.2) is 24.3 Å². The summed E-state index contributed by atoms with van der Waals surface area (Å²) in [7, 11) is -1.59. The van der Waals surface area contributed by atoms with Gasteiger partial charge in [0.2, 0.25) is 0 Å². The van der Waals surface area contributed by atoms with Gasteiger partial charge >= 0.3 is 9.28 Å². The first-order chi connectivity index (χ1) is 12.4. The molecule has 0 atom stereocenters. The summed E-state index contributed by atoms with van der Waals surface area (Å²) in [5, 5.41) is 0. The third-order valence-electron chi connectivity index (χ3n) is 5.07. The molecule has 0 saturated heterocycles. The molecule has 0 bridgehead atoms. The molecule has 1 aliphatic carbocycles. The van der Waals surface area contributed by atoms with E-state index < -0.39 is 9.28 Å². The normalized spacial score (nSPS) is 20.9. The van der Waals surface area contributed by atoms with Gasteiger partial charge in [-0.3, -0.25) is 0 Å². The Bertz CT molecular complexity index is 483. The van der Waals surface area contributed by atoms with Crippen molar-refractivity contribution in [3.63, 3.8) is 0 Å². The maximum Gasteiger partial charge on any atom is 0.321 e. The summed E-state index contributed by atoms with van der Waals surface area (Å²) in [5.74, 6) is 2.62. The fourth-order valence-electron chi connectivity index (χ4n) is 3.64. The Kier molecular flexibility index (Phi) is 9.16. The lowest BCUT2D eigenvalue weighted by atomic mass is 9.79. The monoisotopic (exact) mass is 378 g/mol. The van der Waals surface area contributed by atoms with Gasteiger partial charge in [-0.2, -0.15) is 0 Å². The molecule has 0 radical (unpaired) electrons. The SMILES string of the molecule is CC(C)O[SiH](CCCOc1ccc([C@H]2CC[C@H](C)CC2)cc1)OC(C)C. The number of rotatable bonds is 10. The van der Waals surface area contributed by atoms with Gasteiger partial charge in [0, 0.05) is 12.2 Å². The largest absolute Gasteiger partial charge is 0.494 e. The maximum absolute atomic E-state index is 5.96. The first-order valence-corrected chi connectivity index (χ1v) is 12.2. The van der Waals surface area contributed by atoms with E-state index in [9.17, 15) is 0 Å². The van der Waals surface area contributed by atoms with Crippen molar-refractivity contribution in [3.8, 4) is 5.75 Å². The van der Waals surface area contributed by atoms with Gasteiger partial charge in [-0.05, 0) is 82.5 Å². The van der Waals surface area contributed by atoms with Crippen molar-refractivity contribution in [1.29, 1.82) is 0 Å². The maximum atomic E-state index is 5.96. The summed E-state index contributed by atoms with van der Waals surface area (Å²) < 4.78 is 17.9. The molecule has 0 spiro atoms. The lowest BCUT2D eigenvalue weighted by Crippen LogP contribution is -2.29. The minimum Gasteiger partial charge on any atom is -0.494 e. The van der Waals surface area contributed by atoms with Crippen molar-refractivity contribution in [2.75, 3.05) is 6.61 Å². The standard InChI is InChI=1S/C22H38O3Si/c1-17(2)24-26(25-18(3)4)16-6-15-23-22-13-11-21(12-14-22)20-9-7-19(5)8-10-20/h11-14,17-20,26H,6-10,15-16H2,1-5H3/t19-,20-.